The third-order valence-corrected chi connectivity index (χ3v) is 2.76. The van der Waals surface area contributed by atoms with Crippen LogP contribution in [-0.4, -0.2) is 28.1 Å². The predicted octanol–water partition coefficient (Wildman–Crippen LogP) is 2.43. The van der Waals surface area contributed by atoms with Gasteiger partial charge in [-0.3, -0.25) is 0 Å². The molecule has 0 fully saturated rings. The van der Waals surface area contributed by atoms with Crippen molar-refractivity contribution in [1.82, 2.24) is 15.0 Å². The van der Waals surface area contributed by atoms with Gasteiger partial charge in [0.25, 0.3) is 0 Å². The van der Waals surface area contributed by atoms with Gasteiger partial charge in [-0.15, -0.1) is 5.10 Å². The van der Waals surface area contributed by atoms with Crippen molar-refractivity contribution in [2.75, 3.05) is 7.11 Å². The van der Waals surface area contributed by atoms with Crippen LogP contribution in [0.3, 0.4) is 0 Å². The van der Waals surface area contributed by atoms with E-state index in [1.807, 2.05) is 0 Å². The van der Waals surface area contributed by atoms with Crippen molar-refractivity contribution in [2.45, 2.75) is 6.18 Å². The van der Waals surface area contributed by atoms with Crippen LogP contribution in [0.5, 0.6) is 0 Å². The van der Waals surface area contributed by atoms with E-state index in [1.165, 1.54) is 7.05 Å². The lowest BCUT2D eigenvalue weighted by Crippen LogP contribution is -2.10. The average Bonchev–Trinajstić information content (AvgIpc) is 2.78. The molecule has 0 saturated heterocycles. The van der Waals surface area contributed by atoms with E-state index in [1.54, 1.807) is 0 Å². The van der Waals surface area contributed by atoms with Gasteiger partial charge in [-0.2, -0.15) is 13.2 Å². The zero-order valence-electron chi connectivity index (χ0n) is 10.9. The highest BCUT2D eigenvalue weighted by Crippen LogP contribution is 2.33. The number of alkyl halides is 3. The molecule has 112 valence electrons. The van der Waals surface area contributed by atoms with Crippen LogP contribution in [0.25, 0.3) is 11.3 Å². The first-order chi connectivity index (χ1) is 9.75. The van der Waals surface area contributed by atoms with Gasteiger partial charge in [-0.05, 0) is 18.2 Å². The summed E-state index contributed by atoms with van der Waals surface area (Å²) in [5.41, 5.74) is -1.74. The minimum absolute atomic E-state index is 0.156. The van der Waals surface area contributed by atoms with Gasteiger partial charge < -0.3 is 4.74 Å². The molecule has 0 spiro atoms. The first kappa shape index (κ1) is 14.9. The lowest BCUT2D eigenvalue weighted by atomic mass is 10.1. The van der Waals surface area contributed by atoms with Gasteiger partial charge in [-0.25, -0.2) is 13.9 Å². The van der Waals surface area contributed by atoms with Crippen LogP contribution in [0.4, 0.5) is 17.6 Å². The summed E-state index contributed by atoms with van der Waals surface area (Å²) in [5.74, 6) is -1.98. The molecule has 0 unspecified atom stereocenters. The molecule has 0 bridgehead atoms. The number of nitrogens with zero attached hydrogens (tertiary/aromatic N) is 3. The zero-order chi connectivity index (χ0) is 15.8. The summed E-state index contributed by atoms with van der Waals surface area (Å²) in [6, 6.07) is 1.94. The number of hydrogen-bond acceptors (Lipinski definition) is 4. The number of aryl methyl sites for hydroxylation is 1. The highest BCUT2D eigenvalue weighted by atomic mass is 19.4. The van der Waals surface area contributed by atoms with Crippen LogP contribution in [0.1, 0.15) is 16.1 Å². The third-order valence-electron chi connectivity index (χ3n) is 2.76. The molecule has 1 aromatic heterocycles. The third kappa shape index (κ3) is 2.71. The molecule has 0 aliphatic carbocycles. The van der Waals surface area contributed by atoms with E-state index >= 15 is 0 Å². The smallest absolute Gasteiger partial charge is 0.416 e. The summed E-state index contributed by atoms with van der Waals surface area (Å²) in [5, 5.41) is 7.15. The number of carbonyl (C=O) groups is 1. The highest BCUT2D eigenvalue weighted by Gasteiger charge is 2.32. The number of carbonyl (C=O) groups excluding carboxylic acids is 1. The fourth-order valence-electron chi connectivity index (χ4n) is 1.75. The van der Waals surface area contributed by atoms with Gasteiger partial charge in [-0.1, -0.05) is 5.21 Å². The molecule has 0 aliphatic rings. The SMILES string of the molecule is COC(=O)c1c(-c2ccc(C(F)(F)F)cc2F)nnn1C. The Balaban J connectivity index is 2.56. The Morgan fingerprint density at radius 3 is 2.52 bits per heavy atom. The maximum Gasteiger partial charge on any atom is 0.416 e. The van der Waals surface area contributed by atoms with Gasteiger partial charge in [0, 0.05) is 12.6 Å². The Hall–Kier alpha value is -2.45. The topological polar surface area (TPSA) is 57.0 Å². The van der Waals surface area contributed by atoms with E-state index in [4.69, 9.17) is 0 Å². The Labute approximate surface area is 116 Å². The standard InChI is InChI=1S/C12H9F4N3O2/c1-19-10(11(20)21-2)9(17-18-19)7-4-3-6(5-8(7)13)12(14,15)16/h3-5H,1-2H3. The van der Waals surface area contributed by atoms with Crippen LogP contribution in [0.2, 0.25) is 0 Å². The molecule has 2 rings (SSSR count). The molecule has 2 aromatic rings. The number of esters is 1. The Morgan fingerprint density at radius 2 is 2.00 bits per heavy atom. The largest absolute Gasteiger partial charge is 0.464 e. The number of methoxy groups -OCH3 is 1. The van der Waals surface area contributed by atoms with Crippen LogP contribution in [0.15, 0.2) is 18.2 Å². The van der Waals surface area contributed by atoms with E-state index < -0.39 is 23.5 Å². The molecule has 0 saturated carbocycles. The molecule has 0 radical (unpaired) electrons. The van der Waals surface area contributed by atoms with E-state index in [-0.39, 0.29) is 17.0 Å². The molecule has 5 nitrogen and oxygen atoms in total. The monoisotopic (exact) mass is 303 g/mol. The maximum absolute atomic E-state index is 13.9. The predicted molar refractivity (Wildman–Crippen MR) is 62.7 cm³/mol. The molecule has 1 aromatic carbocycles. The number of halogens is 4. The number of aromatic nitrogens is 3. The van der Waals surface area contributed by atoms with Gasteiger partial charge >= 0.3 is 12.1 Å². The second-order valence-electron chi connectivity index (χ2n) is 4.09. The lowest BCUT2D eigenvalue weighted by Gasteiger charge is -2.08. The van der Waals surface area contributed by atoms with E-state index in [9.17, 15) is 22.4 Å². The van der Waals surface area contributed by atoms with Gasteiger partial charge in [0.05, 0.1) is 12.7 Å². The fourth-order valence-corrected chi connectivity index (χ4v) is 1.75. The van der Waals surface area contributed by atoms with E-state index in [0.717, 1.165) is 17.9 Å². The normalized spacial score (nSPS) is 11.5. The molecule has 0 N–H and O–H groups in total. The first-order valence-electron chi connectivity index (χ1n) is 5.60. The van der Waals surface area contributed by atoms with Crippen molar-refractivity contribution in [3.05, 3.63) is 35.3 Å². The van der Waals surface area contributed by atoms with Crippen LogP contribution >= 0.6 is 0 Å². The molecule has 9 heteroatoms. The van der Waals surface area contributed by atoms with Crippen molar-refractivity contribution >= 4 is 5.97 Å². The lowest BCUT2D eigenvalue weighted by molar-refractivity contribution is -0.137. The van der Waals surface area contributed by atoms with E-state index in [0.29, 0.717) is 12.1 Å². The van der Waals surface area contributed by atoms with Crippen LogP contribution < -0.4 is 0 Å². The second kappa shape index (κ2) is 5.15. The zero-order valence-corrected chi connectivity index (χ0v) is 10.9. The number of hydrogen-bond donors (Lipinski definition) is 0. The minimum atomic E-state index is -4.66. The molecular weight excluding hydrogens is 294 g/mol. The van der Waals surface area contributed by atoms with Crippen molar-refractivity contribution in [1.29, 1.82) is 0 Å². The van der Waals surface area contributed by atoms with Crippen molar-refractivity contribution < 1.29 is 27.1 Å². The van der Waals surface area contributed by atoms with Gasteiger partial charge in [0.15, 0.2) is 5.69 Å². The molecule has 0 aliphatic heterocycles. The van der Waals surface area contributed by atoms with Crippen LogP contribution in [-0.2, 0) is 18.0 Å². The quantitative estimate of drug-likeness (QED) is 0.631. The summed E-state index contributed by atoms with van der Waals surface area (Å²) in [4.78, 5) is 11.6. The van der Waals surface area contributed by atoms with Gasteiger partial charge in [0.2, 0.25) is 0 Å². The molecular formula is C12H9F4N3O2. The highest BCUT2D eigenvalue weighted by molar-refractivity contribution is 5.94. The Bertz CT molecular complexity index is 694. The summed E-state index contributed by atoms with van der Waals surface area (Å²) >= 11 is 0. The van der Waals surface area contributed by atoms with Crippen molar-refractivity contribution in [2.24, 2.45) is 7.05 Å². The summed E-state index contributed by atoms with van der Waals surface area (Å²) < 4.78 is 56.9. The summed E-state index contributed by atoms with van der Waals surface area (Å²) in [7, 11) is 2.49. The Kier molecular flexibility index (Phi) is 3.67. The van der Waals surface area contributed by atoms with Gasteiger partial charge in [0.1, 0.15) is 11.5 Å². The maximum atomic E-state index is 13.9. The van der Waals surface area contributed by atoms with Crippen LogP contribution in [0, 0.1) is 5.82 Å². The fraction of sp³-hybridized carbons (Fsp3) is 0.250. The van der Waals surface area contributed by atoms with Crippen molar-refractivity contribution in [3.8, 4) is 11.3 Å². The number of rotatable bonds is 2. The van der Waals surface area contributed by atoms with E-state index in [2.05, 4.69) is 15.0 Å². The molecule has 0 atom stereocenters. The second-order valence-corrected chi connectivity index (χ2v) is 4.09. The summed E-state index contributed by atoms with van der Waals surface area (Å²) in [6.45, 7) is 0. The average molecular weight is 303 g/mol. The molecule has 0 amide bonds. The molecule has 21 heavy (non-hydrogen) atoms. The number of benzene rings is 1. The number of ether oxygens (including phenoxy) is 1. The van der Waals surface area contributed by atoms with Crippen molar-refractivity contribution in [3.63, 3.8) is 0 Å². The first-order valence-corrected chi connectivity index (χ1v) is 5.60. The molecule has 1 heterocycles. The summed E-state index contributed by atoms with van der Waals surface area (Å²) in [6.07, 6.45) is -4.66. The minimum Gasteiger partial charge on any atom is -0.464 e. The Morgan fingerprint density at radius 1 is 1.33 bits per heavy atom.